The zero-order valence-corrected chi connectivity index (χ0v) is 20.0. The number of amides is 1. The van der Waals surface area contributed by atoms with Crippen LogP contribution in [0.3, 0.4) is 0 Å². The standard InChI is InChI=1S/C25H34N6O3/c1-14(2)21-13-27-31-23(10-22(29-24(21)31)15-3-6-19(32)7-15)28-16-8-17-4-5-18(9-16)30(17)25(33)34-20-11-26-12-20/h10,13-18,20,26,28H,3-9,11-12H2,1-2H3. The molecule has 3 atom stereocenters. The summed E-state index contributed by atoms with van der Waals surface area (Å²) >= 11 is 0. The molecule has 4 fully saturated rings. The number of carbonyl (C=O) groups is 2. The van der Waals surface area contributed by atoms with Gasteiger partial charge >= 0.3 is 6.09 Å². The number of ketones is 1. The molecule has 3 saturated heterocycles. The van der Waals surface area contributed by atoms with E-state index in [0.717, 1.165) is 67.9 Å². The molecule has 0 spiro atoms. The van der Waals surface area contributed by atoms with Gasteiger partial charge in [-0.05, 0) is 38.0 Å². The van der Waals surface area contributed by atoms with Gasteiger partial charge in [-0.15, -0.1) is 0 Å². The molecule has 2 N–H and O–H groups in total. The Bertz CT molecular complexity index is 1100. The highest BCUT2D eigenvalue weighted by Gasteiger charge is 2.45. The first-order chi connectivity index (χ1) is 16.5. The van der Waals surface area contributed by atoms with Crippen LogP contribution >= 0.6 is 0 Å². The second-order valence-corrected chi connectivity index (χ2v) is 10.8. The van der Waals surface area contributed by atoms with E-state index in [2.05, 4.69) is 35.6 Å². The highest BCUT2D eigenvalue weighted by atomic mass is 16.6. The van der Waals surface area contributed by atoms with E-state index in [-0.39, 0.29) is 36.2 Å². The average molecular weight is 467 g/mol. The van der Waals surface area contributed by atoms with Gasteiger partial charge in [0.15, 0.2) is 5.65 Å². The summed E-state index contributed by atoms with van der Waals surface area (Å²) in [6, 6.07) is 2.77. The lowest BCUT2D eigenvalue weighted by Gasteiger charge is -2.40. The highest BCUT2D eigenvalue weighted by molar-refractivity contribution is 5.81. The molecule has 0 aromatic carbocycles. The first kappa shape index (κ1) is 21.8. The van der Waals surface area contributed by atoms with Crippen molar-refractivity contribution in [3.05, 3.63) is 23.5 Å². The topological polar surface area (TPSA) is 101 Å². The van der Waals surface area contributed by atoms with Gasteiger partial charge in [0.1, 0.15) is 17.7 Å². The van der Waals surface area contributed by atoms with Crippen LogP contribution in [0.15, 0.2) is 12.3 Å². The molecule has 0 radical (unpaired) electrons. The Labute approximate surface area is 199 Å². The SMILES string of the molecule is CC(C)c1cnn2c(NC3CC4CCC(C3)N4C(=O)OC3CNC3)cc(C3CCC(=O)C3)nc12. The van der Waals surface area contributed by atoms with Crippen LogP contribution in [0.2, 0.25) is 0 Å². The molecule has 2 aromatic rings. The largest absolute Gasteiger partial charge is 0.443 e. The molecular formula is C25H34N6O3. The number of rotatable bonds is 5. The van der Waals surface area contributed by atoms with E-state index in [9.17, 15) is 9.59 Å². The summed E-state index contributed by atoms with van der Waals surface area (Å²) in [6.07, 6.45) is 7.73. The average Bonchev–Trinajstić information content (AvgIpc) is 3.46. The van der Waals surface area contributed by atoms with Gasteiger partial charge in [-0.25, -0.2) is 9.78 Å². The third-order valence-corrected chi connectivity index (χ3v) is 8.11. The van der Waals surface area contributed by atoms with E-state index in [4.69, 9.17) is 9.72 Å². The highest BCUT2D eigenvalue weighted by Crippen LogP contribution is 2.39. The molecule has 3 unspecified atom stereocenters. The third-order valence-electron chi connectivity index (χ3n) is 8.11. The summed E-state index contributed by atoms with van der Waals surface area (Å²) in [4.78, 5) is 31.7. The van der Waals surface area contributed by atoms with Crippen LogP contribution in [0.4, 0.5) is 10.6 Å². The van der Waals surface area contributed by atoms with Crippen molar-refractivity contribution in [1.82, 2.24) is 24.8 Å². The zero-order chi connectivity index (χ0) is 23.4. The monoisotopic (exact) mass is 466 g/mol. The van der Waals surface area contributed by atoms with E-state index in [1.54, 1.807) is 0 Å². The molecule has 6 rings (SSSR count). The Kier molecular flexibility index (Phi) is 5.47. The number of aromatic nitrogens is 3. The van der Waals surface area contributed by atoms with Gasteiger partial charge in [0.2, 0.25) is 0 Å². The summed E-state index contributed by atoms with van der Waals surface area (Å²) in [5, 5.41) is 11.6. The maximum Gasteiger partial charge on any atom is 0.410 e. The van der Waals surface area contributed by atoms with Crippen molar-refractivity contribution in [2.75, 3.05) is 18.4 Å². The quantitative estimate of drug-likeness (QED) is 0.698. The fraction of sp³-hybridized carbons (Fsp3) is 0.680. The minimum absolute atomic E-state index is 0.0173. The predicted octanol–water partition coefficient (Wildman–Crippen LogP) is 3.21. The molecule has 1 amide bonds. The normalized spacial score (nSPS) is 29.1. The van der Waals surface area contributed by atoms with Gasteiger partial charge < -0.3 is 20.3 Å². The summed E-state index contributed by atoms with van der Waals surface area (Å²) < 4.78 is 7.60. The van der Waals surface area contributed by atoms with Gasteiger partial charge in [-0.2, -0.15) is 9.61 Å². The third kappa shape index (κ3) is 3.83. The molecule has 9 heteroatoms. The van der Waals surface area contributed by atoms with Gasteiger partial charge in [-0.1, -0.05) is 13.8 Å². The molecular weight excluding hydrogens is 432 g/mol. The maximum absolute atomic E-state index is 12.8. The summed E-state index contributed by atoms with van der Waals surface area (Å²) in [7, 11) is 0. The number of piperidine rings is 1. The fourth-order valence-corrected chi connectivity index (χ4v) is 6.14. The van der Waals surface area contributed by atoms with E-state index in [1.807, 2.05) is 15.6 Å². The number of Topliss-reactive ketones (excluding diaryl/α,β-unsaturated/α-hetero) is 1. The van der Waals surface area contributed by atoms with Gasteiger partial charge in [0, 0.05) is 61.6 Å². The molecule has 3 aliphatic heterocycles. The lowest BCUT2D eigenvalue weighted by molar-refractivity contribution is -0.117. The Morgan fingerprint density at radius 2 is 1.97 bits per heavy atom. The number of hydrogen-bond donors (Lipinski definition) is 2. The summed E-state index contributed by atoms with van der Waals surface area (Å²) in [5.74, 6) is 1.76. The van der Waals surface area contributed by atoms with E-state index in [1.165, 1.54) is 0 Å². The molecule has 9 nitrogen and oxygen atoms in total. The molecule has 1 aliphatic carbocycles. The van der Waals surface area contributed by atoms with Crippen molar-refractivity contribution < 1.29 is 14.3 Å². The smallest absolute Gasteiger partial charge is 0.410 e. The van der Waals surface area contributed by atoms with Crippen molar-refractivity contribution in [3.63, 3.8) is 0 Å². The minimum Gasteiger partial charge on any atom is -0.443 e. The number of nitrogens with zero attached hydrogens (tertiary/aromatic N) is 4. The maximum atomic E-state index is 12.8. The number of ether oxygens (including phenoxy) is 1. The van der Waals surface area contributed by atoms with Crippen molar-refractivity contribution in [2.45, 2.75) is 94.9 Å². The van der Waals surface area contributed by atoms with Crippen LogP contribution < -0.4 is 10.6 Å². The summed E-state index contributed by atoms with van der Waals surface area (Å²) in [5.41, 5.74) is 2.99. The van der Waals surface area contributed by atoms with E-state index < -0.39 is 0 Å². The Balaban J connectivity index is 1.24. The number of fused-ring (bicyclic) bond motifs is 3. The van der Waals surface area contributed by atoms with Crippen molar-refractivity contribution in [2.24, 2.45) is 0 Å². The van der Waals surface area contributed by atoms with Crippen LogP contribution in [0.1, 0.15) is 81.9 Å². The molecule has 182 valence electrons. The first-order valence-electron chi connectivity index (χ1n) is 12.8. The van der Waals surface area contributed by atoms with Crippen LogP contribution in [0.25, 0.3) is 5.65 Å². The minimum atomic E-state index is -0.148. The second kappa shape index (κ2) is 8.52. The van der Waals surface area contributed by atoms with Crippen LogP contribution in [0, 0.1) is 0 Å². The summed E-state index contributed by atoms with van der Waals surface area (Å²) in [6.45, 7) is 5.83. The number of nitrogens with one attached hydrogen (secondary N) is 2. The Hall–Kier alpha value is -2.68. The number of carbonyl (C=O) groups excluding carboxylic acids is 2. The van der Waals surface area contributed by atoms with Crippen molar-refractivity contribution in [1.29, 1.82) is 0 Å². The van der Waals surface area contributed by atoms with Gasteiger partial charge in [0.25, 0.3) is 0 Å². The van der Waals surface area contributed by atoms with E-state index in [0.29, 0.717) is 24.5 Å². The fourth-order valence-electron chi connectivity index (χ4n) is 6.14. The van der Waals surface area contributed by atoms with Crippen LogP contribution in [-0.4, -0.2) is 68.7 Å². The van der Waals surface area contributed by atoms with Gasteiger partial charge in [-0.3, -0.25) is 4.79 Å². The molecule has 2 aromatic heterocycles. The van der Waals surface area contributed by atoms with Crippen LogP contribution in [0.5, 0.6) is 0 Å². The molecule has 34 heavy (non-hydrogen) atoms. The van der Waals surface area contributed by atoms with Gasteiger partial charge in [0.05, 0.1) is 11.9 Å². The predicted molar refractivity (Wildman–Crippen MR) is 127 cm³/mol. The molecule has 2 bridgehead atoms. The van der Waals surface area contributed by atoms with Crippen LogP contribution in [-0.2, 0) is 9.53 Å². The van der Waals surface area contributed by atoms with Crippen molar-refractivity contribution in [3.8, 4) is 0 Å². The Morgan fingerprint density at radius 3 is 2.59 bits per heavy atom. The molecule has 1 saturated carbocycles. The Morgan fingerprint density at radius 1 is 1.21 bits per heavy atom. The lowest BCUT2D eigenvalue weighted by atomic mass is 9.97. The zero-order valence-electron chi connectivity index (χ0n) is 20.0. The lowest BCUT2D eigenvalue weighted by Crippen LogP contribution is -2.55. The number of anilines is 1. The first-order valence-corrected chi connectivity index (χ1v) is 12.8. The second-order valence-electron chi connectivity index (χ2n) is 10.8. The van der Waals surface area contributed by atoms with Crippen molar-refractivity contribution >= 4 is 23.3 Å². The number of hydrogen-bond acceptors (Lipinski definition) is 7. The van der Waals surface area contributed by atoms with E-state index >= 15 is 0 Å². The molecule has 4 aliphatic rings. The molecule has 5 heterocycles.